The van der Waals surface area contributed by atoms with Gasteiger partial charge in [-0.05, 0) is 67.6 Å². The SMILES string of the molecule is CC[C@H](NC(=O)c1ccc(N2CCCC2=O)cc1)c1ccc(C)c(C)c1. The van der Waals surface area contributed by atoms with Gasteiger partial charge >= 0.3 is 0 Å². The zero-order valence-electron chi connectivity index (χ0n) is 15.7. The van der Waals surface area contributed by atoms with Crippen molar-refractivity contribution >= 4 is 17.5 Å². The van der Waals surface area contributed by atoms with Gasteiger partial charge in [0.1, 0.15) is 0 Å². The first-order valence-corrected chi connectivity index (χ1v) is 9.28. The number of carbonyl (C=O) groups is 2. The lowest BCUT2D eigenvalue weighted by molar-refractivity contribution is -0.117. The molecule has 1 saturated heterocycles. The average Bonchev–Trinajstić information content (AvgIpc) is 3.08. The zero-order chi connectivity index (χ0) is 18.7. The number of anilines is 1. The Morgan fingerprint density at radius 2 is 1.85 bits per heavy atom. The first kappa shape index (κ1) is 18.2. The fraction of sp³-hybridized carbons (Fsp3) is 0.364. The number of hydrogen-bond donors (Lipinski definition) is 1. The summed E-state index contributed by atoms with van der Waals surface area (Å²) in [4.78, 5) is 26.3. The Morgan fingerprint density at radius 1 is 1.12 bits per heavy atom. The van der Waals surface area contributed by atoms with Gasteiger partial charge in [0.15, 0.2) is 0 Å². The first-order valence-electron chi connectivity index (χ1n) is 9.28. The molecular weight excluding hydrogens is 324 g/mol. The van der Waals surface area contributed by atoms with Crippen molar-refractivity contribution in [1.82, 2.24) is 5.32 Å². The van der Waals surface area contributed by atoms with Crippen LogP contribution in [0.15, 0.2) is 42.5 Å². The molecule has 2 aromatic carbocycles. The molecule has 0 bridgehead atoms. The molecule has 26 heavy (non-hydrogen) atoms. The second-order valence-corrected chi connectivity index (χ2v) is 6.97. The number of nitrogens with one attached hydrogen (secondary N) is 1. The Hall–Kier alpha value is -2.62. The highest BCUT2D eigenvalue weighted by atomic mass is 16.2. The van der Waals surface area contributed by atoms with E-state index in [9.17, 15) is 9.59 Å². The molecule has 3 rings (SSSR count). The lowest BCUT2D eigenvalue weighted by Crippen LogP contribution is -2.28. The average molecular weight is 350 g/mol. The van der Waals surface area contributed by atoms with Gasteiger partial charge in [0.25, 0.3) is 5.91 Å². The second-order valence-electron chi connectivity index (χ2n) is 6.97. The molecule has 1 atom stereocenters. The number of hydrogen-bond acceptors (Lipinski definition) is 2. The van der Waals surface area contributed by atoms with Crippen molar-refractivity contribution in [2.24, 2.45) is 0 Å². The van der Waals surface area contributed by atoms with Crippen LogP contribution < -0.4 is 10.2 Å². The van der Waals surface area contributed by atoms with Gasteiger partial charge in [-0.1, -0.05) is 25.1 Å². The highest BCUT2D eigenvalue weighted by molar-refractivity contribution is 5.97. The summed E-state index contributed by atoms with van der Waals surface area (Å²) in [6, 6.07) is 13.6. The summed E-state index contributed by atoms with van der Waals surface area (Å²) in [6.07, 6.45) is 2.33. The van der Waals surface area contributed by atoms with Crippen LogP contribution in [-0.2, 0) is 4.79 Å². The summed E-state index contributed by atoms with van der Waals surface area (Å²) < 4.78 is 0. The van der Waals surface area contributed by atoms with Crippen LogP contribution in [0.1, 0.15) is 59.3 Å². The van der Waals surface area contributed by atoms with Crippen LogP contribution in [-0.4, -0.2) is 18.4 Å². The molecule has 1 N–H and O–H groups in total. The van der Waals surface area contributed by atoms with Crippen molar-refractivity contribution in [3.8, 4) is 0 Å². The van der Waals surface area contributed by atoms with Crippen molar-refractivity contribution < 1.29 is 9.59 Å². The summed E-state index contributed by atoms with van der Waals surface area (Å²) in [6.45, 7) is 7.01. The van der Waals surface area contributed by atoms with Crippen molar-refractivity contribution in [3.05, 3.63) is 64.7 Å². The van der Waals surface area contributed by atoms with Gasteiger partial charge in [-0.2, -0.15) is 0 Å². The van der Waals surface area contributed by atoms with E-state index in [0.29, 0.717) is 12.0 Å². The maximum atomic E-state index is 12.6. The third-order valence-electron chi connectivity index (χ3n) is 5.16. The van der Waals surface area contributed by atoms with E-state index in [1.54, 1.807) is 17.0 Å². The Kier molecular flexibility index (Phi) is 5.40. The summed E-state index contributed by atoms with van der Waals surface area (Å²) in [5.74, 6) is 0.0670. The van der Waals surface area contributed by atoms with E-state index >= 15 is 0 Å². The molecule has 0 saturated carbocycles. The molecule has 136 valence electrons. The van der Waals surface area contributed by atoms with E-state index in [4.69, 9.17) is 0 Å². The van der Waals surface area contributed by atoms with Gasteiger partial charge in [0, 0.05) is 24.2 Å². The second kappa shape index (κ2) is 7.73. The minimum absolute atomic E-state index is 0.0124. The molecule has 1 heterocycles. The number of carbonyl (C=O) groups excluding carboxylic acids is 2. The van der Waals surface area contributed by atoms with Crippen LogP contribution in [0.5, 0.6) is 0 Å². The van der Waals surface area contributed by atoms with E-state index in [1.807, 2.05) is 12.1 Å². The quantitative estimate of drug-likeness (QED) is 0.873. The van der Waals surface area contributed by atoms with E-state index < -0.39 is 0 Å². The first-order chi connectivity index (χ1) is 12.5. The van der Waals surface area contributed by atoms with Gasteiger partial charge in [-0.25, -0.2) is 0 Å². The molecule has 4 nitrogen and oxygen atoms in total. The minimum Gasteiger partial charge on any atom is -0.345 e. The smallest absolute Gasteiger partial charge is 0.251 e. The summed E-state index contributed by atoms with van der Waals surface area (Å²) >= 11 is 0. The normalized spacial score (nSPS) is 15.2. The number of aryl methyl sites for hydroxylation is 2. The lowest BCUT2D eigenvalue weighted by Gasteiger charge is -2.19. The van der Waals surface area contributed by atoms with Gasteiger partial charge in [-0.15, -0.1) is 0 Å². The van der Waals surface area contributed by atoms with Gasteiger partial charge in [0.2, 0.25) is 5.91 Å². The van der Waals surface area contributed by atoms with Gasteiger partial charge in [-0.3, -0.25) is 9.59 Å². The van der Waals surface area contributed by atoms with Crippen LogP contribution in [0.3, 0.4) is 0 Å². The topological polar surface area (TPSA) is 49.4 Å². The third kappa shape index (κ3) is 3.79. The Balaban J connectivity index is 1.71. The zero-order valence-corrected chi connectivity index (χ0v) is 15.7. The fourth-order valence-electron chi connectivity index (χ4n) is 3.36. The predicted octanol–water partition coefficient (Wildman–Crippen LogP) is 4.31. The van der Waals surface area contributed by atoms with Crippen LogP contribution in [0.25, 0.3) is 0 Å². The maximum absolute atomic E-state index is 12.6. The molecule has 0 aromatic heterocycles. The number of rotatable bonds is 5. The van der Waals surface area contributed by atoms with Crippen molar-refractivity contribution in [3.63, 3.8) is 0 Å². The van der Waals surface area contributed by atoms with Crippen molar-refractivity contribution in [1.29, 1.82) is 0 Å². The third-order valence-corrected chi connectivity index (χ3v) is 5.16. The van der Waals surface area contributed by atoms with Crippen molar-refractivity contribution in [2.75, 3.05) is 11.4 Å². The highest BCUT2D eigenvalue weighted by Crippen LogP contribution is 2.23. The molecule has 0 unspecified atom stereocenters. The molecule has 1 fully saturated rings. The number of amides is 2. The molecule has 4 heteroatoms. The number of nitrogens with zero attached hydrogens (tertiary/aromatic N) is 1. The molecule has 0 aliphatic carbocycles. The summed E-state index contributed by atoms with van der Waals surface area (Å²) in [5, 5.41) is 3.12. The summed E-state index contributed by atoms with van der Waals surface area (Å²) in [7, 11) is 0. The lowest BCUT2D eigenvalue weighted by atomic mass is 9.99. The Morgan fingerprint density at radius 3 is 2.42 bits per heavy atom. The van der Waals surface area contributed by atoms with E-state index in [-0.39, 0.29) is 17.9 Å². The van der Waals surface area contributed by atoms with Crippen LogP contribution in [0.4, 0.5) is 5.69 Å². The summed E-state index contributed by atoms with van der Waals surface area (Å²) in [5.41, 5.74) is 5.09. The molecule has 0 spiro atoms. The standard InChI is InChI=1S/C22H26N2O2/c1-4-20(18-8-7-15(2)16(3)14-18)23-22(26)17-9-11-19(12-10-17)24-13-5-6-21(24)25/h7-12,14,20H,4-6,13H2,1-3H3,(H,23,26)/t20-/m0/s1. The number of benzene rings is 2. The minimum atomic E-state index is -0.0885. The highest BCUT2D eigenvalue weighted by Gasteiger charge is 2.22. The molecular formula is C22H26N2O2. The predicted molar refractivity (Wildman–Crippen MR) is 104 cm³/mol. The molecule has 0 radical (unpaired) electrons. The van der Waals surface area contributed by atoms with E-state index in [2.05, 4.69) is 44.3 Å². The van der Waals surface area contributed by atoms with Gasteiger partial charge in [0.05, 0.1) is 6.04 Å². The fourth-order valence-corrected chi connectivity index (χ4v) is 3.36. The van der Waals surface area contributed by atoms with Crippen LogP contribution in [0.2, 0.25) is 0 Å². The van der Waals surface area contributed by atoms with E-state index in [0.717, 1.165) is 30.6 Å². The van der Waals surface area contributed by atoms with Crippen LogP contribution >= 0.6 is 0 Å². The maximum Gasteiger partial charge on any atom is 0.251 e. The molecule has 2 amide bonds. The molecule has 2 aromatic rings. The molecule has 1 aliphatic rings. The Bertz CT molecular complexity index is 811. The molecule has 1 aliphatic heterocycles. The van der Waals surface area contributed by atoms with E-state index in [1.165, 1.54) is 11.1 Å². The monoisotopic (exact) mass is 350 g/mol. The Labute approximate surface area is 155 Å². The van der Waals surface area contributed by atoms with Crippen molar-refractivity contribution in [2.45, 2.75) is 46.1 Å². The van der Waals surface area contributed by atoms with Gasteiger partial charge < -0.3 is 10.2 Å². The largest absolute Gasteiger partial charge is 0.345 e. The van der Waals surface area contributed by atoms with Crippen LogP contribution in [0, 0.1) is 13.8 Å².